The summed E-state index contributed by atoms with van der Waals surface area (Å²) in [5.74, 6) is 0. The van der Waals surface area contributed by atoms with Crippen LogP contribution < -0.4 is 5.32 Å². The van der Waals surface area contributed by atoms with E-state index in [1.54, 1.807) is 11.3 Å². The van der Waals surface area contributed by atoms with Crippen molar-refractivity contribution < 1.29 is 0 Å². The summed E-state index contributed by atoms with van der Waals surface area (Å²) in [7, 11) is 1.96. The van der Waals surface area contributed by atoms with Gasteiger partial charge in [0.2, 0.25) is 0 Å². The molecule has 18 heavy (non-hydrogen) atoms. The number of nitrogens with zero attached hydrogens (tertiary/aromatic N) is 3. The third-order valence-electron chi connectivity index (χ3n) is 2.64. The first-order valence-corrected chi connectivity index (χ1v) is 6.97. The summed E-state index contributed by atoms with van der Waals surface area (Å²) in [4.78, 5) is 5.56. The predicted octanol–water partition coefficient (Wildman–Crippen LogP) is 3.27. The normalized spacial score (nSPS) is 11.8. The van der Waals surface area contributed by atoms with Crippen molar-refractivity contribution >= 4 is 16.5 Å². The molecule has 98 valence electrons. The van der Waals surface area contributed by atoms with E-state index in [0.29, 0.717) is 0 Å². The predicted molar refractivity (Wildman–Crippen MR) is 77.2 cm³/mol. The zero-order valence-corrected chi connectivity index (χ0v) is 12.4. The maximum atomic E-state index is 4.59. The molecule has 0 amide bonds. The van der Waals surface area contributed by atoms with Crippen LogP contribution in [0.5, 0.6) is 0 Å². The maximum absolute atomic E-state index is 4.59. The second-order valence-corrected chi connectivity index (χ2v) is 6.41. The van der Waals surface area contributed by atoms with Gasteiger partial charge in [0.15, 0.2) is 5.13 Å². The van der Waals surface area contributed by atoms with E-state index in [1.165, 1.54) is 10.4 Å². The molecule has 0 aliphatic heterocycles. The van der Waals surface area contributed by atoms with Crippen LogP contribution in [0.1, 0.15) is 33.4 Å². The lowest BCUT2D eigenvalue weighted by molar-refractivity contribution is 0.554. The van der Waals surface area contributed by atoms with Crippen LogP contribution >= 0.6 is 11.3 Å². The van der Waals surface area contributed by atoms with Gasteiger partial charge in [-0.05, 0) is 6.92 Å². The topological polar surface area (TPSA) is 42.7 Å². The number of aryl methyl sites for hydroxylation is 1. The highest BCUT2D eigenvalue weighted by atomic mass is 32.1. The highest BCUT2D eigenvalue weighted by Gasteiger charge is 2.23. The summed E-state index contributed by atoms with van der Waals surface area (Å²) in [6.07, 6.45) is 4.00. The van der Waals surface area contributed by atoms with Gasteiger partial charge < -0.3 is 5.32 Å². The van der Waals surface area contributed by atoms with Crippen LogP contribution in [0.4, 0.5) is 5.13 Å². The molecule has 2 heterocycles. The summed E-state index contributed by atoms with van der Waals surface area (Å²) in [6.45, 7) is 9.53. The monoisotopic (exact) mass is 264 g/mol. The summed E-state index contributed by atoms with van der Waals surface area (Å²) < 4.78 is 1.88. The van der Waals surface area contributed by atoms with Crippen LogP contribution in [0.15, 0.2) is 12.4 Å². The fraction of sp³-hybridized carbons (Fsp3) is 0.538. The zero-order valence-electron chi connectivity index (χ0n) is 11.6. The molecule has 2 aromatic heterocycles. The molecule has 0 aromatic carbocycles. The minimum atomic E-state index is 0.0406. The van der Waals surface area contributed by atoms with Crippen molar-refractivity contribution in [3.63, 3.8) is 0 Å². The molecule has 2 rings (SSSR count). The Morgan fingerprint density at radius 1 is 1.39 bits per heavy atom. The van der Waals surface area contributed by atoms with Crippen molar-refractivity contribution in [2.24, 2.45) is 7.05 Å². The Bertz CT molecular complexity index is 533. The molecule has 0 spiro atoms. The minimum absolute atomic E-state index is 0.0406. The standard InChI is InChI=1S/C13H20N4S/c1-6-14-12-15-7-10(18-12)9-8-17(5)16-11(9)13(2,3)4/h7-8H,6H2,1-5H3,(H,14,15). The summed E-state index contributed by atoms with van der Waals surface area (Å²) >= 11 is 1.68. The first-order valence-electron chi connectivity index (χ1n) is 6.16. The van der Waals surface area contributed by atoms with Gasteiger partial charge in [-0.1, -0.05) is 32.1 Å². The number of thiazole rings is 1. The fourth-order valence-corrected chi connectivity index (χ4v) is 2.75. The van der Waals surface area contributed by atoms with E-state index in [1.807, 2.05) is 17.9 Å². The van der Waals surface area contributed by atoms with Gasteiger partial charge in [0, 0.05) is 37.0 Å². The van der Waals surface area contributed by atoms with Crippen molar-refractivity contribution in [1.82, 2.24) is 14.8 Å². The highest BCUT2D eigenvalue weighted by Crippen LogP contribution is 2.35. The van der Waals surface area contributed by atoms with Crippen molar-refractivity contribution in [1.29, 1.82) is 0 Å². The number of rotatable bonds is 3. The first kappa shape index (κ1) is 13.1. The molecule has 0 aliphatic rings. The molecule has 0 aliphatic carbocycles. The van der Waals surface area contributed by atoms with Gasteiger partial charge in [-0.3, -0.25) is 4.68 Å². The molecule has 0 saturated heterocycles. The van der Waals surface area contributed by atoms with Gasteiger partial charge in [-0.2, -0.15) is 5.10 Å². The largest absolute Gasteiger partial charge is 0.362 e. The molecule has 4 nitrogen and oxygen atoms in total. The van der Waals surface area contributed by atoms with E-state index < -0.39 is 0 Å². The van der Waals surface area contributed by atoms with Gasteiger partial charge in [0.05, 0.1) is 10.6 Å². The molecule has 1 N–H and O–H groups in total. The van der Waals surface area contributed by atoms with Gasteiger partial charge >= 0.3 is 0 Å². The fourth-order valence-electron chi connectivity index (χ4n) is 1.85. The van der Waals surface area contributed by atoms with Crippen molar-refractivity contribution in [2.45, 2.75) is 33.1 Å². The molecule has 0 radical (unpaired) electrons. The number of anilines is 1. The summed E-state index contributed by atoms with van der Waals surface area (Å²) in [6, 6.07) is 0. The van der Waals surface area contributed by atoms with E-state index >= 15 is 0 Å². The third-order valence-corrected chi connectivity index (χ3v) is 3.63. The Hall–Kier alpha value is -1.36. The average Bonchev–Trinajstić information content (AvgIpc) is 2.84. The third kappa shape index (κ3) is 2.56. The number of nitrogens with one attached hydrogen (secondary N) is 1. The van der Waals surface area contributed by atoms with Crippen molar-refractivity contribution in [3.05, 3.63) is 18.1 Å². The van der Waals surface area contributed by atoms with Crippen LogP contribution in [0.3, 0.4) is 0 Å². The van der Waals surface area contributed by atoms with Crippen LogP contribution in [-0.4, -0.2) is 21.3 Å². The smallest absolute Gasteiger partial charge is 0.183 e. The van der Waals surface area contributed by atoms with Gasteiger partial charge in [0.25, 0.3) is 0 Å². The molecule has 0 unspecified atom stereocenters. The molecule has 0 saturated carbocycles. The van der Waals surface area contributed by atoms with Crippen LogP contribution in [0.25, 0.3) is 10.4 Å². The van der Waals surface area contributed by atoms with E-state index in [4.69, 9.17) is 0 Å². The van der Waals surface area contributed by atoms with E-state index in [9.17, 15) is 0 Å². The molecule has 5 heteroatoms. The molecule has 2 aromatic rings. The second-order valence-electron chi connectivity index (χ2n) is 5.38. The number of hydrogen-bond acceptors (Lipinski definition) is 4. The molecular formula is C13H20N4S. The zero-order chi connectivity index (χ0) is 13.3. The SMILES string of the molecule is CCNc1ncc(-c2cn(C)nc2C(C)(C)C)s1. The lowest BCUT2D eigenvalue weighted by Crippen LogP contribution is -2.13. The minimum Gasteiger partial charge on any atom is -0.362 e. The van der Waals surface area contributed by atoms with Gasteiger partial charge in [-0.25, -0.2) is 4.98 Å². The highest BCUT2D eigenvalue weighted by molar-refractivity contribution is 7.18. The lowest BCUT2D eigenvalue weighted by atomic mass is 9.89. The lowest BCUT2D eigenvalue weighted by Gasteiger charge is -2.16. The molecule has 0 fully saturated rings. The van der Waals surface area contributed by atoms with E-state index in [2.05, 4.69) is 49.3 Å². The van der Waals surface area contributed by atoms with E-state index in [-0.39, 0.29) is 5.41 Å². The summed E-state index contributed by atoms with van der Waals surface area (Å²) in [5, 5.41) is 8.80. The Balaban J connectivity index is 2.43. The Kier molecular flexibility index (Phi) is 3.43. The molecule has 0 bridgehead atoms. The first-order chi connectivity index (χ1) is 8.41. The van der Waals surface area contributed by atoms with Crippen LogP contribution in [-0.2, 0) is 12.5 Å². The maximum Gasteiger partial charge on any atom is 0.183 e. The number of aromatic nitrogens is 3. The average molecular weight is 264 g/mol. The van der Waals surface area contributed by atoms with Gasteiger partial charge in [-0.15, -0.1) is 0 Å². The summed E-state index contributed by atoms with van der Waals surface area (Å²) in [5.41, 5.74) is 2.35. The van der Waals surface area contributed by atoms with E-state index in [0.717, 1.165) is 17.4 Å². The van der Waals surface area contributed by atoms with Crippen LogP contribution in [0.2, 0.25) is 0 Å². The Morgan fingerprint density at radius 3 is 2.72 bits per heavy atom. The Labute approximate surface area is 112 Å². The Morgan fingerprint density at radius 2 is 2.11 bits per heavy atom. The number of hydrogen-bond donors (Lipinski definition) is 1. The van der Waals surface area contributed by atoms with Crippen molar-refractivity contribution in [3.8, 4) is 10.4 Å². The van der Waals surface area contributed by atoms with Crippen molar-refractivity contribution in [2.75, 3.05) is 11.9 Å². The molecular weight excluding hydrogens is 244 g/mol. The molecule has 0 atom stereocenters. The van der Waals surface area contributed by atoms with Gasteiger partial charge in [0.1, 0.15) is 0 Å². The van der Waals surface area contributed by atoms with Crippen LogP contribution in [0, 0.1) is 0 Å². The second kappa shape index (κ2) is 4.72. The quantitative estimate of drug-likeness (QED) is 0.925.